The first kappa shape index (κ1) is 31.4. The molecule has 1 aliphatic carbocycles. The van der Waals surface area contributed by atoms with E-state index in [4.69, 9.17) is 27.9 Å². The Morgan fingerprint density at radius 2 is 1.40 bits per heavy atom. The van der Waals surface area contributed by atoms with Crippen LogP contribution in [0, 0.1) is 26.4 Å². The largest absolute Gasteiger partial charge is 0.476 e. The van der Waals surface area contributed by atoms with Crippen molar-refractivity contribution in [2.45, 2.75) is 67.9 Å². The number of halogens is 2. The molecule has 3 rings (SSSR count). The Labute approximate surface area is 245 Å². The van der Waals surface area contributed by atoms with Crippen molar-refractivity contribution in [3.63, 3.8) is 0 Å². The quantitative estimate of drug-likeness (QED) is 0.278. The average molecular weight is 588 g/mol. The van der Waals surface area contributed by atoms with Crippen molar-refractivity contribution in [1.29, 1.82) is 0 Å². The van der Waals surface area contributed by atoms with Gasteiger partial charge in [-0.05, 0) is 41.2 Å². The Hall–Kier alpha value is -3.16. The molecule has 0 saturated carbocycles. The lowest BCUT2D eigenvalue weighted by Gasteiger charge is -2.46. The van der Waals surface area contributed by atoms with Crippen LogP contribution in [0.2, 0.25) is 10.0 Å². The summed E-state index contributed by atoms with van der Waals surface area (Å²) in [6, 6.07) is 8.28. The highest BCUT2D eigenvalue weighted by Crippen LogP contribution is 2.49. The number of nitro benzene ring substituents is 1. The van der Waals surface area contributed by atoms with Crippen molar-refractivity contribution < 1.29 is 19.2 Å². The Morgan fingerprint density at radius 3 is 1.82 bits per heavy atom. The minimum atomic E-state index is -1.12. The molecular weight excluding hydrogens is 551 g/mol. The van der Waals surface area contributed by atoms with Gasteiger partial charge in [0.1, 0.15) is 11.4 Å². The third-order valence-electron chi connectivity index (χ3n) is 6.87. The van der Waals surface area contributed by atoms with Gasteiger partial charge in [-0.25, -0.2) is 0 Å². The Bertz CT molecular complexity index is 1390. The number of nitrogens with zero attached hydrogens (tertiary/aromatic N) is 1. The summed E-state index contributed by atoms with van der Waals surface area (Å²) in [6.07, 6.45) is 3.75. The molecule has 1 aliphatic rings. The molecule has 0 radical (unpaired) electrons. The van der Waals surface area contributed by atoms with Gasteiger partial charge in [0.2, 0.25) is 0 Å². The predicted octanol–water partition coefficient (Wildman–Crippen LogP) is 8.85. The minimum absolute atomic E-state index is 0.0284. The fourth-order valence-electron chi connectivity index (χ4n) is 4.36. The average Bonchev–Trinajstić information content (AvgIpc) is 2.80. The van der Waals surface area contributed by atoms with Crippen LogP contribution in [-0.2, 0) is 4.79 Å². The van der Waals surface area contributed by atoms with E-state index in [2.05, 4.69) is 5.32 Å². The molecule has 1 N–H and O–H groups in total. The SMILES string of the molecule is CC(C)(C)C1=CC(Oc2cc(Cl)cc(Cl)c2NC(=O)c2ccc([N+](=O)[O-])cc2)(C(C)(C)C)C=C(C(C)(C)C)C1=O. The maximum absolute atomic E-state index is 13.7. The fourth-order valence-corrected chi connectivity index (χ4v) is 4.88. The number of anilines is 1. The van der Waals surface area contributed by atoms with E-state index in [-0.39, 0.29) is 33.5 Å². The van der Waals surface area contributed by atoms with Gasteiger partial charge in [0.15, 0.2) is 11.4 Å². The molecule has 0 unspecified atom stereocenters. The third-order valence-corrected chi connectivity index (χ3v) is 7.39. The first-order chi connectivity index (χ1) is 18.2. The highest BCUT2D eigenvalue weighted by molar-refractivity contribution is 6.37. The number of hydrogen-bond donors (Lipinski definition) is 1. The van der Waals surface area contributed by atoms with Crippen LogP contribution in [0.4, 0.5) is 11.4 Å². The van der Waals surface area contributed by atoms with Crippen LogP contribution in [0.1, 0.15) is 72.7 Å². The summed E-state index contributed by atoms with van der Waals surface area (Å²) < 4.78 is 6.81. The van der Waals surface area contributed by atoms with Gasteiger partial charge in [0, 0.05) is 45.3 Å². The minimum Gasteiger partial charge on any atom is -0.476 e. The standard InChI is InChI=1S/C31H36Cl2N2O5/c1-28(2,3)21-16-31(30(7,8)9,17-22(26(21)36)29(4,5)6)40-24-15-19(32)14-23(33)25(24)34-27(37)18-10-12-20(13-11-18)35(38)39/h10-17H,1-9H3,(H,34,37). The van der Waals surface area contributed by atoms with E-state index < -0.39 is 32.7 Å². The number of non-ortho nitro benzene ring substituents is 1. The maximum atomic E-state index is 13.7. The molecule has 214 valence electrons. The second kappa shape index (κ2) is 10.7. The molecular formula is C31H36Cl2N2O5. The van der Waals surface area contributed by atoms with Crippen LogP contribution in [0.5, 0.6) is 5.75 Å². The Kier molecular flexibility index (Phi) is 8.37. The van der Waals surface area contributed by atoms with Gasteiger partial charge < -0.3 is 10.1 Å². The molecule has 0 bridgehead atoms. The maximum Gasteiger partial charge on any atom is 0.269 e. The van der Waals surface area contributed by atoms with Crippen molar-refractivity contribution in [3.05, 3.63) is 85.4 Å². The summed E-state index contributed by atoms with van der Waals surface area (Å²) in [7, 11) is 0. The molecule has 7 nitrogen and oxygen atoms in total. The zero-order valence-electron chi connectivity index (χ0n) is 24.4. The first-order valence-electron chi connectivity index (χ1n) is 12.9. The van der Waals surface area contributed by atoms with Gasteiger partial charge in [-0.3, -0.25) is 19.7 Å². The number of allylic oxidation sites excluding steroid dienone is 2. The predicted molar refractivity (Wildman–Crippen MR) is 160 cm³/mol. The van der Waals surface area contributed by atoms with Crippen LogP contribution >= 0.6 is 23.2 Å². The molecule has 2 aromatic carbocycles. The van der Waals surface area contributed by atoms with Gasteiger partial charge in [0.05, 0.1) is 9.95 Å². The first-order valence-corrected chi connectivity index (χ1v) is 13.7. The van der Waals surface area contributed by atoms with Gasteiger partial charge >= 0.3 is 0 Å². The summed E-state index contributed by atoms with van der Waals surface area (Å²) in [5.74, 6) is -0.352. The topological polar surface area (TPSA) is 98.5 Å². The van der Waals surface area contributed by atoms with Crippen molar-refractivity contribution in [2.24, 2.45) is 16.2 Å². The molecule has 1 amide bonds. The smallest absolute Gasteiger partial charge is 0.269 e. The molecule has 0 aromatic heterocycles. The van der Waals surface area contributed by atoms with Crippen molar-refractivity contribution in [3.8, 4) is 5.75 Å². The molecule has 0 saturated heterocycles. The summed E-state index contributed by atoms with van der Waals surface area (Å²) in [4.78, 5) is 37.3. The summed E-state index contributed by atoms with van der Waals surface area (Å²) in [5.41, 5.74) is -1.12. The number of hydrogen-bond acceptors (Lipinski definition) is 5. The monoisotopic (exact) mass is 586 g/mol. The number of rotatable bonds is 5. The number of nitrogens with one attached hydrogen (secondary N) is 1. The molecule has 0 fully saturated rings. The third kappa shape index (κ3) is 6.42. The number of ketones is 1. The fraction of sp³-hybridized carbons (Fsp3) is 0.419. The van der Waals surface area contributed by atoms with Crippen molar-refractivity contribution >= 4 is 46.3 Å². The second-order valence-electron chi connectivity index (χ2n) is 13.1. The van der Waals surface area contributed by atoms with Gasteiger partial charge in [-0.1, -0.05) is 85.5 Å². The van der Waals surface area contributed by atoms with Gasteiger partial charge in [-0.15, -0.1) is 0 Å². The van der Waals surface area contributed by atoms with E-state index in [1.807, 2.05) is 74.5 Å². The number of carbonyl (C=O) groups is 2. The van der Waals surface area contributed by atoms with E-state index in [0.29, 0.717) is 16.2 Å². The summed E-state index contributed by atoms with van der Waals surface area (Å²) in [5, 5.41) is 14.2. The molecule has 0 aliphatic heterocycles. The van der Waals surface area contributed by atoms with E-state index in [1.54, 1.807) is 6.07 Å². The number of carbonyl (C=O) groups excluding carboxylic acids is 2. The molecule has 40 heavy (non-hydrogen) atoms. The Morgan fingerprint density at radius 1 is 0.900 bits per heavy atom. The molecule has 0 spiro atoms. The van der Waals surface area contributed by atoms with Crippen LogP contribution in [0.25, 0.3) is 0 Å². The Balaban J connectivity index is 2.20. The zero-order chi connectivity index (χ0) is 30.4. The van der Waals surface area contributed by atoms with Crippen LogP contribution in [0.15, 0.2) is 59.7 Å². The highest BCUT2D eigenvalue weighted by atomic mass is 35.5. The molecule has 2 aromatic rings. The number of ether oxygens (including phenoxy) is 1. The van der Waals surface area contributed by atoms with E-state index >= 15 is 0 Å². The lowest BCUT2D eigenvalue weighted by molar-refractivity contribution is -0.384. The van der Waals surface area contributed by atoms with Crippen LogP contribution in [0.3, 0.4) is 0 Å². The van der Waals surface area contributed by atoms with Crippen LogP contribution < -0.4 is 10.1 Å². The normalized spacial score (nSPS) is 15.7. The van der Waals surface area contributed by atoms with E-state index in [1.165, 1.54) is 30.3 Å². The summed E-state index contributed by atoms with van der Waals surface area (Å²) >= 11 is 13.0. The van der Waals surface area contributed by atoms with Crippen molar-refractivity contribution in [1.82, 2.24) is 0 Å². The van der Waals surface area contributed by atoms with Crippen molar-refractivity contribution in [2.75, 3.05) is 5.32 Å². The van der Waals surface area contributed by atoms with E-state index in [9.17, 15) is 19.7 Å². The number of benzene rings is 2. The van der Waals surface area contributed by atoms with Gasteiger partial charge in [0.25, 0.3) is 11.6 Å². The molecule has 0 heterocycles. The second-order valence-corrected chi connectivity index (χ2v) is 14.0. The highest BCUT2D eigenvalue weighted by Gasteiger charge is 2.49. The lowest BCUT2D eigenvalue weighted by Crippen LogP contribution is -2.49. The van der Waals surface area contributed by atoms with E-state index in [0.717, 1.165) is 0 Å². The zero-order valence-corrected chi connectivity index (χ0v) is 25.9. The molecule has 0 atom stereocenters. The van der Waals surface area contributed by atoms with Crippen LogP contribution in [-0.4, -0.2) is 22.2 Å². The lowest BCUT2D eigenvalue weighted by atomic mass is 9.64. The number of amides is 1. The molecule has 9 heteroatoms. The van der Waals surface area contributed by atoms with Gasteiger partial charge in [-0.2, -0.15) is 0 Å². The summed E-state index contributed by atoms with van der Waals surface area (Å²) in [6.45, 7) is 18.0. The number of nitro groups is 1. The number of Topliss-reactive ketones (excluding diaryl/α,β-unsaturated/α-hetero) is 1.